The first-order chi connectivity index (χ1) is 8.45. The standard InChI is InChI=1S/C11H14BrFN2O3/c1-7(5-14-2)6-18-11-4-9(13)8(12)3-10(11)15(16)17/h3-4,7,14H,5-6H2,1-2H3. The highest BCUT2D eigenvalue weighted by molar-refractivity contribution is 9.10. The molecule has 0 aliphatic carbocycles. The molecule has 0 aliphatic heterocycles. The molecule has 5 nitrogen and oxygen atoms in total. The minimum atomic E-state index is -0.595. The van der Waals surface area contributed by atoms with E-state index in [2.05, 4.69) is 21.2 Å². The van der Waals surface area contributed by atoms with Gasteiger partial charge in [0.15, 0.2) is 5.75 Å². The van der Waals surface area contributed by atoms with E-state index in [0.717, 1.165) is 12.1 Å². The second kappa shape index (κ2) is 6.65. The molecule has 1 aromatic rings. The van der Waals surface area contributed by atoms with Gasteiger partial charge in [-0.2, -0.15) is 0 Å². The average molecular weight is 321 g/mol. The third-order valence-corrected chi connectivity index (χ3v) is 2.88. The maximum atomic E-state index is 13.3. The van der Waals surface area contributed by atoms with Gasteiger partial charge in [-0.1, -0.05) is 6.92 Å². The van der Waals surface area contributed by atoms with Crippen LogP contribution in [-0.4, -0.2) is 25.1 Å². The van der Waals surface area contributed by atoms with Gasteiger partial charge in [-0.05, 0) is 23.0 Å². The molecule has 7 heteroatoms. The molecule has 0 aromatic heterocycles. The minimum absolute atomic E-state index is 0.0461. The highest BCUT2D eigenvalue weighted by atomic mass is 79.9. The summed E-state index contributed by atoms with van der Waals surface area (Å²) >= 11 is 2.91. The fraction of sp³-hybridized carbons (Fsp3) is 0.455. The number of rotatable bonds is 6. The largest absolute Gasteiger partial charge is 0.486 e. The van der Waals surface area contributed by atoms with E-state index in [1.54, 1.807) is 7.05 Å². The van der Waals surface area contributed by atoms with Crippen LogP contribution in [0.15, 0.2) is 16.6 Å². The number of ether oxygens (including phenoxy) is 1. The van der Waals surface area contributed by atoms with Crippen molar-refractivity contribution in [2.24, 2.45) is 5.92 Å². The lowest BCUT2D eigenvalue weighted by molar-refractivity contribution is -0.386. The van der Waals surface area contributed by atoms with Crippen molar-refractivity contribution in [1.82, 2.24) is 5.32 Å². The van der Waals surface area contributed by atoms with Gasteiger partial charge in [0.2, 0.25) is 0 Å². The molecule has 0 radical (unpaired) electrons. The fourth-order valence-corrected chi connectivity index (χ4v) is 1.75. The number of nitro groups is 1. The molecule has 0 amide bonds. The molecule has 0 bridgehead atoms. The van der Waals surface area contributed by atoms with Crippen LogP contribution in [0, 0.1) is 21.8 Å². The summed E-state index contributed by atoms with van der Waals surface area (Å²) in [5, 5.41) is 13.8. The first-order valence-corrected chi connectivity index (χ1v) is 6.15. The van der Waals surface area contributed by atoms with Crippen molar-refractivity contribution < 1.29 is 14.1 Å². The van der Waals surface area contributed by atoms with E-state index in [4.69, 9.17) is 4.74 Å². The molecule has 18 heavy (non-hydrogen) atoms. The quantitative estimate of drug-likeness (QED) is 0.646. The van der Waals surface area contributed by atoms with Crippen LogP contribution < -0.4 is 10.1 Å². The summed E-state index contributed by atoms with van der Waals surface area (Å²) in [5.41, 5.74) is -0.250. The molecule has 1 unspecified atom stereocenters. The van der Waals surface area contributed by atoms with Gasteiger partial charge in [-0.15, -0.1) is 0 Å². The van der Waals surface area contributed by atoms with Crippen molar-refractivity contribution >= 4 is 21.6 Å². The van der Waals surface area contributed by atoms with Crippen LogP contribution in [0.1, 0.15) is 6.92 Å². The number of nitrogens with zero attached hydrogens (tertiary/aromatic N) is 1. The Morgan fingerprint density at radius 2 is 2.28 bits per heavy atom. The van der Waals surface area contributed by atoms with Crippen molar-refractivity contribution in [3.8, 4) is 5.75 Å². The molecule has 0 saturated heterocycles. The van der Waals surface area contributed by atoms with E-state index in [9.17, 15) is 14.5 Å². The smallest absolute Gasteiger partial charge is 0.312 e. The van der Waals surface area contributed by atoms with Crippen molar-refractivity contribution in [3.05, 3.63) is 32.5 Å². The summed E-state index contributed by atoms with van der Waals surface area (Å²) in [6.07, 6.45) is 0. The van der Waals surface area contributed by atoms with Crippen molar-refractivity contribution in [3.63, 3.8) is 0 Å². The zero-order chi connectivity index (χ0) is 13.7. The highest BCUT2D eigenvalue weighted by Gasteiger charge is 2.19. The Morgan fingerprint density at radius 3 is 2.83 bits per heavy atom. The van der Waals surface area contributed by atoms with E-state index < -0.39 is 10.7 Å². The van der Waals surface area contributed by atoms with Crippen molar-refractivity contribution in [1.29, 1.82) is 0 Å². The second-order valence-electron chi connectivity index (χ2n) is 3.97. The van der Waals surface area contributed by atoms with Crippen LogP contribution in [0.25, 0.3) is 0 Å². The molecule has 1 N–H and O–H groups in total. The van der Waals surface area contributed by atoms with Crippen LogP contribution in [0.4, 0.5) is 10.1 Å². The average Bonchev–Trinajstić information content (AvgIpc) is 2.30. The summed E-state index contributed by atoms with van der Waals surface area (Å²) in [4.78, 5) is 10.2. The zero-order valence-corrected chi connectivity index (χ0v) is 11.7. The maximum Gasteiger partial charge on any atom is 0.312 e. The lowest BCUT2D eigenvalue weighted by Gasteiger charge is -2.12. The van der Waals surface area contributed by atoms with Crippen LogP contribution in [0.2, 0.25) is 0 Å². The van der Waals surface area contributed by atoms with E-state index in [-0.39, 0.29) is 28.4 Å². The van der Waals surface area contributed by atoms with Gasteiger partial charge >= 0.3 is 5.69 Å². The Labute approximate surface area is 113 Å². The van der Waals surface area contributed by atoms with Gasteiger partial charge in [0, 0.05) is 24.6 Å². The van der Waals surface area contributed by atoms with E-state index in [1.165, 1.54) is 0 Å². The number of benzene rings is 1. The predicted molar refractivity (Wildman–Crippen MR) is 69.3 cm³/mol. The predicted octanol–water partition coefficient (Wildman–Crippen LogP) is 2.73. The maximum absolute atomic E-state index is 13.3. The Balaban J connectivity index is 2.86. The van der Waals surface area contributed by atoms with Crippen LogP contribution in [-0.2, 0) is 0 Å². The monoisotopic (exact) mass is 320 g/mol. The lowest BCUT2D eigenvalue weighted by Crippen LogP contribution is -2.21. The number of hydrogen-bond donors (Lipinski definition) is 1. The van der Waals surface area contributed by atoms with Crippen LogP contribution in [0.5, 0.6) is 5.75 Å². The van der Waals surface area contributed by atoms with Crippen molar-refractivity contribution in [2.45, 2.75) is 6.92 Å². The summed E-state index contributed by atoms with van der Waals surface area (Å²) in [6, 6.07) is 2.13. The highest BCUT2D eigenvalue weighted by Crippen LogP contribution is 2.32. The third kappa shape index (κ3) is 3.92. The summed E-state index contributed by atoms with van der Waals surface area (Å²) < 4.78 is 18.7. The van der Waals surface area contributed by atoms with Gasteiger partial charge in [0.1, 0.15) is 5.82 Å². The minimum Gasteiger partial charge on any atom is -0.486 e. The first-order valence-electron chi connectivity index (χ1n) is 5.36. The zero-order valence-electron chi connectivity index (χ0n) is 10.1. The van der Waals surface area contributed by atoms with Crippen molar-refractivity contribution in [2.75, 3.05) is 20.2 Å². The Kier molecular flexibility index (Phi) is 5.49. The summed E-state index contributed by atoms with van der Waals surface area (Å²) in [6.45, 7) is 2.92. The lowest BCUT2D eigenvalue weighted by atomic mass is 10.2. The number of nitrogens with one attached hydrogen (secondary N) is 1. The van der Waals surface area contributed by atoms with Crippen LogP contribution in [0.3, 0.4) is 0 Å². The topological polar surface area (TPSA) is 64.4 Å². The molecule has 1 rings (SSSR count). The van der Waals surface area contributed by atoms with Gasteiger partial charge in [0.25, 0.3) is 0 Å². The molecular weight excluding hydrogens is 307 g/mol. The summed E-state index contributed by atoms with van der Waals surface area (Å²) in [7, 11) is 1.80. The van der Waals surface area contributed by atoms with Gasteiger partial charge in [-0.25, -0.2) is 4.39 Å². The fourth-order valence-electron chi connectivity index (χ4n) is 1.42. The molecule has 0 spiro atoms. The molecule has 1 aromatic carbocycles. The van der Waals surface area contributed by atoms with E-state index in [0.29, 0.717) is 6.54 Å². The molecule has 0 saturated carbocycles. The Hall–Kier alpha value is -1.21. The van der Waals surface area contributed by atoms with Crippen LogP contribution >= 0.6 is 15.9 Å². The second-order valence-corrected chi connectivity index (χ2v) is 4.82. The van der Waals surface area contributed by atoms with Gasteiger partial charge in [-0.3, -0.25) is 10.1 Å². The molecule has 0 aliphatic rings. The number of hydrogen-bond acceptors (Lipinski definition) is 4. The molecular formula is C11H14BrFN2O3. The van der Waals surface area contributed by atoms with E-state index in [1.807, 2.05) is 6.92 Å². The molecule has 0 heterocycles. The first kappa shape index (κ1) is 14.8. The molecule has 0 fully saturated rings. The normalized spacial score (nSPS) is 12.2. The van der Waals surface area contributed by atoms with E-state index >= 15 is 0 Å². The Bertz CT molecular complexity index is 443. The number of halogens is 2. The SMILES string of the molecule is CNCC(C)COc1cc(F)c(Br)cc1[N+](=O)[O-]. The Morgan fingerprint density at radius 1 is 1.61 bits per heavy atom. The number of nitro benzene ring substituents is 1. The molecule has 100 valence electrons. The van der Waals surface area contributed by atoms with Gasteiger partial charge < -0.3 is 10.1 Å². The van der Waals surface area contributed by atoms with Gasteiger partial charge in [0.05, 0.1) is 16.0 Å². The summed E-state index contributed by atoms with van der Waals surface area (Å²) in [5.74, 6) is -0.471. The molecule has 1 atom stereocenters. The third-order valence-electron chi connectivity index (χ3n) is 2.27.